The number of hydrogen-bond donors (Lipinski definition) is 1. The summed E-state index contributed by atoms with van der Waals surface area (Å²) in [6.07, 6.45) is 1.93. The molecule has 1 saturated heterocycles. The van der Waals surface area contributed by atoms with E-state index in [1.165, 1.54) is 0 Å². The lowest BCUT2D eigenvalue weighted by Gasteiger charge is -2.28. The third kappa shape index (κ3) is 2.38. The van der Waals surface area contributed by atoms with Crippen LogP contribution in [0.25, 0.3) is 0 Å². The third-order valence-electron chi connectivity index (χ3n) is 3.50. The molecule has 2 unspecified atom stereocenters. The van der Waals surface area contributed by atoms with E-state index in [0.717, 1.165) is 29.4 Å². The molecule has 1 aromatic rings. The smallest absolute Gasteiger partial charge is 0.152 e. The van der Waals surface area contributed by atoms with Gasteiger partial charge < -0.3 is 10.0 Å². The number of halogens is 1. The van der Waals surface area contributed by atoms with Crippen LogP contribution in [0.1, 0.15) is 23.7 Å². The van der Waals surface area contributed by atoms with Crippen molar-refractivity contribution in [2.45, 2.75) is 19.4 Å². The van der Waals surface area contributed by atoms with E-state index in [2.05, 4.69) is 27.8 Å². The quantitative estimate of drug-likeness (QED) is 0.872. The second kappa shape index (κ2) is 5.19. The first-order valence-corrected chi connectivity index (χ1v) is 6.59. The summed E-state index contributed by atoms with van der Waals surface area (Å²) in [7, 11) is 0. The molecule has 0 aliphatic carbocycles. The summed E-state index contributed by atoms with van der Waals surface area (Å²) >= 11 is 3.36. The average Bonchev–Trinajstić information content (AvgIpc) is 2.70. The maximum atomic E-state index is 11.1. The highest BCUT2D eigenvalue weighted by Gasteiger charge is 2.31. The zero-order valence-electron chi connectivity index (χ0n) is 9.77. The van der Waals surface area contributed by atoms with Crippen LogP contribution >= 0.6 is 15.9 Å². The van der Waals surface area contributed by atoms with Crippen molar-refractivity contribution in [3.05, 3.63) is 28.2 Å². The molecule has 2 atom stereocenters. The summed E-state index contributed by atoms with van der Waals surface area (Å²) in [6, 6.07) is 5.81. The normalized spacial score (nSPS) is 24.1. The maximum Gasteiger partial charge on any atom is 0.152 e. The Morgan fingerprint density at radius 3 is 3.00 bits per heavy atom. The molecule has 0 spiro atoms. The highest BCUT2D eigenvalue weighted by molar-refractivity contribution is 9.10. The highest BCUT2D eigenvalue weighted by atomic mass is 79.9. The van der Waals surface area contributed by atoms with E-state index in [9.17, 15) is 9.90 Å². The van der Waals surface area contributed by atoms with Gasteiger partial charge in [0.1, 0.15) is 0 Å². The van der Waals surface area contributed by atoms with E-state index in [0.29, 0.717) is 11.5 Å². The SMILES string of the molecule is CC1CCN(c2ccc(Br)cc2C=O)C1CO. The molecule has 1 aromatic carbocycles. The van der Waals surface area contributed by atoms with Crippen LogP contribution in [0.2, 0.25) is 0 Å². The largest absolute Gasteiger partial charge is 0.394 e. The molecule has 0 aromatic heterocycles. The van der Waals surface area contributed by atoms with Gasteiger partial charge in [0.2, 0.25) is 0 Å². The fraction of sp³-hybridized carbons (Fsp3) is 0.462. The standard InChI is InChI=1S/C13H16BrNO2/c1-9-4-5-15(13(9)8-17)12-3-2-11(14)6-10(12)7-16/h2-3,6-7,9,13,17H,4-5,8H2,1H3. The second-order valence-corrected chi connectivity index (χ2v) is 5.45. The predicted octanol–water partition coefficient (Wildman–Crippen LogP) is 2.47. The summed E-state index contributed by atoms with van der Waals surface area (Å²) in [5.41, 5.74) is 1.60. The molecule has 4 heteroatoms. The molecule has 92 valence electrons. The predicted molar refractivity (Wildman–Crippen MR) is 71.5 cm³/mol. The number of aliphatic hydroxyl groups excluding tert-OH is 1. The molecule has 1 fully saturated rings. The third-order valence-corrected chi connectivity index (χ3v) is 3.99. The van der Waals surface area contributed by atoms with E-state index >= 15 is 0 Å². The molecule has 2 rings (SSSR count). The van der Waals surface area contributed by atoms with Crippen molar-refractivity contribution in [3.63, 3.8) is 0 Å². The zero-order valence-corrected chi connectivity index (χ0v) is 11.4. The highest BCUT2D eigenvalue weighted by Crippen LogP contribution is 2.32. The van der Waals surface area contributed by atoms with Crippen LogP contribution in [0.5, 0.6) is 0 Å². The molecule has 1 heterocycles. The van der Waals surface area contributed by atoms with Gasteiger partial charge in [-0.1, -0.05) is 22.9 Å². The Balaban J connectivity index is 2.36. The first-order chi connectivity index (χ1) is 8.17. The van der Waals surface area contributed by atoms with Crippen molar-refractivity contribution >= 4 is 27.9 Å². The summed E-state index contributed by atoms with van der Waals surface area (Å²) < 4.78 is 0.899. The number of rotatable bonds is 3. The minimum absolute atomic E-state index is 0.120. The van der Waals surface area contributed by atoms with E-state index in [-0.39, 0.29) is 12.6 Å². The molecule has 1 aliphatic rings. The number of carbonyl (C=O) groups is 1. The Bertz CT molecular complexity index is 422. The van der Waals surface area contributed by atoms with Gasteiger partial charge >= 0.3 is 0 Å². The Morgan fingerprint density at radius 1 is 1.59 bits per heavy atom. The number of carbonyl (C=O) groups excluding carboxylic acids is 1. The van der Waals surface area contributed by atoms with Crippen LogP contribution < -0.4 is 4.90 Å². The Hall–Kier alpha value is -0.870. The van der Waals surface area contributed by atoms with Crippen LogP contribution in [-0.2, 0) is 0 Å². The topological polar surface area (TPSA) is 40.5 Å². The van der Waals surface area contributed by atoms with Crippen LogP contribution in [0.3, 0.4) is 0 Å². The molecular weight excluding hydrogens is 282 g/mol. The number of nitrogens with zero attached hydrogens (tertiary/aromatic N) is 1. The number of aldehydes is 1. The van der Waals surface area contributed by atoms with Gasteiger partial charge in [0.15, 0.2) is 6.29 Å². The number of hydrogen-bond acceptors (Lipinski definition) is 3. The summed E-state index contributed by atoms with van der Waals surface area (Å²) in [4.78, 5) is 13.2. The van der Waals surface area contributed by atoms with E-state index < -0.39 is 0 Å². The van der Waals surface area contributed by atoms with Gasteiger partial charge in [0.05, 0.1) is 12.6 Å². The molecular formula is C13H16BrNO2. The van der Waals surface area contributed by atoms with Gasteiger partial charge in [-0.2, -0.15) is 0 Å². The number of anilines is 1. The van der Waals surface area contributed by atoms with Gasteiger partial charge in [-0.3, -0.25) is 4.79 Å². The molecule has 1 aliphatic heterocycles. The lowest BCUT2D eigenvalue weighted by molar-refractivity contribution is 0.112. The molecule has 3 nitrogen and oxygen atoms in total. The second-order valence-electron chi connectivity index (χ2n) is 4.53. The fourth-order valence-corrected chi connectivity index (χ4v) is 2.85. The van der Waals surface area contributed by atoms with Gasteiger partial charge in [-0.05, 0) is 30.5 Å². The molecule has 0 bridgehead atoms. The van der Waals surface area contributed by atoms with Gasteiger partial charge in [0, 0.05) is 22.3 Å². The van der Waals surface area contributed by atoms with Crippen LogP contribution in [0, 0.1) is 5.92 Å². The minimum Gasteiger partial charge on any atom is -0.394 e. The van der Waals surface area contributed by atoms with Crippen molar-refractivity contribution in [1.82, 2.24) is 0 Å². The Morgan fingerprint density at radius 2 is 2.35 bits per heavy atom. The summed E-state index contributed by atoms with van der Waals surface area (Å²) in [5.74, 6) is 0.461. The van der Waals surface area contributed by atoms with Gasteiger partial charge in [-0.25, -0.2) is 0 Å². The Labute approximate surface area is 110 Å². The van der Waals surface area contributed by atoms with E-state index in [4.69, 9.17) is 0 Å². The lowest BCUT2D eigenvalue weighted by atomic mass is 10.0. The van der Waals surface area contributed by atoms with Crippen molar-refractivity contribution in [3.8, 4) is 0 Å². The van der Waals surface area contributed by atoms with Gasteiger partial charge in [-0.15, -0.1) is 0 Å². The number of benzene rings is 1. The molecule has 0 radical (unpaired) electrons. The number of aliphatic hydroxyl groups is 1. The van der Waals surface area contributed by atoms with E-state index in [1.807, 2.05) is 18.2 Å². The van der Waals surface area contributed by atoms with Crippen LogP contribution in [0.4, 0.5) is 5.69 Å². The van der Waals surface area contributed by atoms with Crippen molar-refractivity contribution in [1.29, 1.82) is 0 Å². The van der Waals surface area contributed by atoms with Crippen molar-refractivity contribution in [2.75, 3.05) is 18.1 Å². The molecule has 17 heavy (non-hydrogen) atoms. The fourth-order valence-electron chi connectivity index (χ4n) is 2.47. The monoisotopic (exact) mass is 297 g/mol. The van der Waals surface area contributed by atoms with Crippen LogP contribution in [0.15, 0.2) is 22.7 Å². The first kappa shape index (κ1) is 12.6. The van der Waals surface area contributed by atoms with Gasteiger partial charge in [0.25, 0.3) is 0 Å². The Kier molecular flexibility index (Phi) is 3.84. The summed E-state index contributed by atoms with van der Waals surface area (Å²) in [6.45, 7) is 3.17. The van der Waals surface area contributed by atoms with Crippen LogP contribution in [-0.4, -0.2) is 30.6 Å². The molecule has 1 N–H and O–H groups in total. The first-order valence-electron chi connectivity index (χ1n) is 5.79. The zero-order chi connectivity index (χ0) is 12.4. The molecule has 0 saturated carbocycles. The lowest BCUT2D eigenvalue weighted by Crippen LogP contribution is -2.35. The van der Waals surface area contributed by atoms with Crippen molar-refractivity contribution < 1.29 is 9.90 Å². The average molecular weight is 298 g/mol. The van der Waals surface area contributed by atoms with Crippen molar-refractivity contribution in [2.24, 2.45) is 5.92 Å². The molecule has 0 amide bonds. The summed E-state index contributed by atoms with van der Waals surface area (Å²) in [5, 5.41) is 9.45. The maximum absolute atomic E-state index is 11.1. The minimum atomic E-state index is 0.120. The van der Waals surface area contributed by atoms with E-state index in [1.54, 1.807) is 0 Å².